The molecule has 1 heterocycles. The number of aliphatic hydroxyl groups is 1. The largest absolute Gasteiger partial charge is 2.00 e. The van der Waals surface area contributed by atoms with Crippen LogP contribution in [0.2, 0.25) is 0 Å². The molecule has 2 aliphatic carbocycles. The molecular formula is C34H32FeN2O+2. The van der Waals surface area contributed by atoms with Crippen molar-refractivity contribution in [1.29, 1.82) is 0 Å². The van der Waals surface area contributed by atoms with E-state index in [0.717, 1.165) is 28.8 Å². The number of likely N-dealkylation sites (N-methyl/N-ethyl adjacent to an activating group) is 1. The molecule has 2 fully saturated rings. The number of rotatable bonds is 5. The monoisotopic (exact) mass is 540 g/mol. The summed E-state index contributed by atoms with van der Waals surface area (Å²) in [5.74, 6) is 2.73. The number of amidine groups is 1. The van der Waals surface area contributed by atoms with E-state index < -0.39 is 5.60 Å². The van der Waals surface area contributed by atoms with Gasteiger partial charge in [0.25, 0.3) is 0 Å². The summed E-state index contributed by atoms with van der Waals surface area (Å²) >= 11 is 0. The van der Waals surface area contributed by atoms with E-state index in [4.69, 9.17) is 4.99 Å². The Bertz CT molecular complexity index is 1100. The maximum absolute atomic E-state index is 12.3. The van der Waals surface area contributed by atoms with E-state index in [1.807, 2.05) is 112 Å². The zero-order valence-corrected chi connectivity index (χ0v) is 22.7. The van der Waals surface area contributed by atoms with Crippen LogP contribution in [0.3, 0.4) is 0 Å². The maximum atomic E-state index is 12.3. The number of hydrogen-bond donors (Lipinski definition) is 1. The Morgan fingerprint density at radius 2 is 1.16 bits per heavy atom. The van der Waals surface area contributed by atoms with Gasteiger partial charge in [0.2, 0.25) is 0 Å². The first-order valence-electron chi connectivity index (χ1n) is 12.7. The fourth-order valence-electron chi connectivity index (χ4n) is 5.09. The normalized spacial score (nSPS) is 22.0. The Kier molecular flexibility index (Phi) is 9.87. The van der Waals surface area contributed by atoms with E-state index in [0.29, 0.717) is 0 Å². The van der Waals surface area contributed by atoms with Crippen LogP contribution in [-0.4, -0.2) is 28.9 Å². The van der Waals surface area contributed by atoms with E-state index in [1.54, 1.807) is 0 Å². The van der Waals surface area contributed by atoms with Crippen molar-refractivity contribution in [2.45, 2.75) is 24.6 Å². The minimum absolute atomic E-state index is 0. The molecule has 3 nitrogen and oxygen atoms in total. The summed E-state index contributed by atoms with van der Waals surface area (Å²) < 4.78 is 0. The van der Waals surface area contributed by atoms with Crippen molar-refractivity contribution in [2.24, 2.45) is 4.99 Å². The summed E-state index contributed by atoms with van der Waals surface area (Å²) in [6.45, 7) is 2.21. The van der Waals surface area contributed by atoms with Crippen LogP contribution >= 0.6 is 0 Å². The second kappa shape index (κ2) is 13.1. The van der Waals surface area contributed by atoms with Gasteiger partial charge in [-0.2, -0.15) is 0 Å². The molecule has 6 rings (SSSR count). The second-order valence-corrected chi connectivity index (χ2v) is 9.42. The molecule has 10 radical (unpaired) electrons. The third-order valence-corrected chi connectivity index (χ3v) is 7.19. The SMILES string of the molecule is C[C@H]1[C@H](c2ccccc2)N=C([C]2[CH][CH][CH][C]2C(O)(c2ccccc2)c2ccccc2)N1C.[CH]1[CH][CH][CH][CH]1.[Fe+2]. The van der Waals surface area contributed by atoms with E-state index in [-0.39, 0.29) is 29.2 Å². The molecule has 0 aromatic heterocycles. The van der Waals surface area contributed by atoms with Gasteiger partial charge in [-0.15, -0.1) is 0 Å². The number of nitrogens with zero attached hydrogens (tertiary/aromatic N) is 2. The molecule has 0 saturated heterocycles. The third kappa shape index (κ3) is 5.78. The summed E-state index contributed by atoms with van der Waals surface area (Å²) in [6.07, 6.45) is 16.1. The van der Waals surface area contributed by atoms with E-state index in [2.05, 4.69) is 49.6 Å². The van der Waals surface area contributed by atoms with Gasteiger partial charge in [-0.3, -0.25) is 4.99 Å². The van der Waals surface area contributed by atoms with Gasteiger partial charge in [0.05, 0.1) is 18.0 Å². The van der Waals surface area contributed by atoms with Crippen molar-refractivity contribution in [2.75, 3.05) is 7.05 Å². The molecule has 0 bridgehead atoms. The molecule has 0 spiro atoms. The standard InChI is InChI=1S/C29H27N2O.C5H5.Fe/c1-21-27(22-13-6-3-7-14-22)30-28(31(21)2)25-19-12-20-26(25)29(32,23-15-8-4-9-16-23)24-17-10-5-11-18-24;1-2-4-5-3-1;/h3-21,27,32H,1-2H3;1-5H;/q;;+2/t21-,27+;;/m0../s1. The number of benzene rings is 3. The van der Waals surface area contributed by atoms with Gasteiger partial charge in [-0.1, -0.05) is 91.0 Å². The van der Waals surface area contributed by atoms with Crippen molar-refractivity contribution in [3.63, 3.8) is 0 Å². The van der Waals surface area contributed by atoms with Crippen molar-refractivity contribution >= 4 is 5.84 Å². The maximum Gasteiger partial charge on any atom is 2.00 e. The van der Waals surface area contributed by atoms with Crippen molar-refractivity contribution in [1.82, 2.24) is 4.90 Å². The third-order valence-electron chi connectivity index (χ3n) is 7.19. The van der Waals surface area contributed by atoms with Crippen LogP contribution in [0.15, 0.2) is 96.0 Å². The second-order valence-electron chi connectivity index (χ2n) is 9.42. The quantitative estimate of drug-likeness (QED) is 0.392. The molecule has 3 aliphatic rings. The molecule has 4 heteroatoms. The van der Waals surface area contributed by atoms with Crippen LogP contribution in [0.1, 0.15) is 29.7 Å². The first-order chi connectivity index (χ1) is 18.1. The summed E-state index contributed by atoms with van der Waals surface area (Å²) in [7, 11) is 2.09. The Morgan fingerprint density at radius 3 is 1.66 bits per heavy atom. The average molecular weight is 540 g/mol. The molecule has 3 aromatic carbocycles. The van der Waals surface area contributed by atoms with Crippen molar-refractivity contribution in [3.8, 4) is 0 Å². The Hall–Kier alpha value is -2.39. The van der Waals surface area contributed by atoms with Crippen LogP contribution in [0.25, 0.3) is 0 Å². The fourth-order valence-corrected chi connectivity index (χ4v) is 5.09. The summed E-state index contributed by atoms with van der Waals surface area (Å²) in [5, 5.41) is 12.3. The van der Waals surface area contributed by atoms with Crippen molar-refractivity contribution < 1.29 is 22.2 Å². The Morgan fingerprint density at radius 1 is 0.684 bits per heavy atom. The van der Waals surface area contributed by atoms with Crippen molar-refractivity contribution in [3.05, 3.63) is 171 Å². The molecule has 1 N–H and O–H groups in total. The van der Waals surface area contributed by atoms with Gasteiger partial charge in [-0.05, 0) is 75.0 Å². The fraction of sp³-hybridized carbons (Fsp3) is 0.147. The Labute approximate surface area is 239 Å². The first kappa shape index (κ1) is 28.6. The van der Waals surface area contributed by atoms with Gasteiger partial charge in [0.15, 0.2) is 0 Å². The molecule has 0 unspecified atom stereocenters. The van der Waals surface area contributed by atoms with Crippen LogP contribution in [0.4, 0.5) is 0 Å². The molecular weight excluding hydrogens is 508 g/mol. The Balaban J connectivity index is 0.000000504. The van der Waals surface area contributed by atoms with Crippen LogP contribution in [-0.2, 0) is 22.7 Å². The van der Waals surface area contributed by atoms with Gasteiger partial charge in [-0.25, -0.2) is 0 Å². The summed E-state index contributed by atoms with van der Waals surface area (Å²) in [5.41, 5.74) is 1.61. The molecule has 1 aliphatic heterocycles. The summed E-state index contributed by atoms with van der Waals surface area (Å²) in [6, 6.07) is 30.5. The topological polar surface area (TPSA) is 35.8 Å². The van der Waals surface area contributed by atoms with Gasteiger partial charge >= 0.3 is 17.1 Å². The molecule has 0 amide bonds. The van der Waals surface area contributed by atoms with Crippen LogP contribution < -0.4 is 0 Å². The predicted molar refractivity (Wildman–Crippen MR) is 151 cm³/mol. The minimum atomic E-state index is -1.28. The van der Waals surface area contributed by atoms with Crippen LogP contribution in [0.5, 0.6) is 0 Å². The van der Waals surface area contributed by atoms with Crippen LogP contribution in [0, 0.1) is 63.2 Å². The molecule has 2 atom stereocenters. The number of aliphatic imine (C=N–C) groups is 1. The molecule has 2 saturated carbocycles. The van der Waals surface area contributed by atoms with E-state index >= 15 is 0 Å². The first-order valence-corrected chi connectivity index (χ1v) is 12.7. The zero-order chi connectivity index (χ0) is 25.7. The predicted octanol–water partition coefficient (Wildman–Crippen LogP) is 6.19. The molecule has 38 heavy (non-hydrogen) atoms. The molecule has 190 valence electrons. The average Bonchev–Trinajstić information content (AvgIpc) is 3.74. The molecule has 3 aromatic rings. The number of hydrogen-bond acceptors (Lipinski definition) is 3. The van der Waals surface area contributed by atoms with Gasteiger partial charge in [0.1, 0.15) is 11.4 Å². The summed E-state index contributed by atoms with van der Waals surface area (Å²) in [4.78, 5) is 7.38. The minimum Gasteiger partial charge on any atom is -0.380 e. The van der Waals surface area contributed by atoms with E-state index in [9.17, 15) is 5.11 Å². The van der Waals surface area contributed by atoms with Gasteiger partial charge < -0.3 is 10.0 Å². The zero-order valence-electron chi connectivity index (χ0n) is 21.6. The van der Waals surface area contributed by atoms with Gasteiger partial charge in [0, 0.05) is 13.0 Å². The van der Waals surface area contributed by atoms with E-state index in [1.165, 1.54) is 5.56 Å². The smallest absolute Gasteiger partial charge is 0.380 e.